The van der Waals surface area contributed by atoms with E-state index in [0.29, 0.717) is 13.8 Å². The highest BCUT2D eigenvalue weighted by atomic mass is 19.3. The first-order chi connectivity index (χ1) is 13.6. The smallest absolute Gasteiger partial charge is 0.231 e. The van der Waals surface area contributed by atoms with Crippen molar-refractivity contribution in [3.8, 4) is 0 Å². The number of hydrogen-bond acceptors (Lipinski definition) is 0. The van der Waals surface area contributed by atoms with E-state index in [1.54, 1.807) is 0 Å². The van der Waals surface area contributed by atoms with Gasteiger partial charge in [-0.25, -0.2) is 22.0 Å². The second-order valence-corrected chi connectivity index (χ2v) is 8.50. The molecule has 0 heterocycles. The molecule has 0 rings (SSSR count). The van der Waals surface area contributed by atoms with Crippen LogP contribution in [0.5, 0.6) is 0 Å². The van der Waals surface area contributed by atoms with E-state index in [4.69, 9.17) is 0 Å². The van der Waals surface area contributed by atoms with Gasteiger partial charge in [0, 0.05) is 24.7 Å². The van der Waals surface area contributed by atoms with E-state index in [1.807, 2.05) is 0 Å². The van der Waals surface area contributed by atoms with E-state index < -0.39 is 60.5 Å². The first-order valence-corrected chi connectivity index (χ1v) is 9.42. The number of halogens is 9. The minimum absolute atomic E-state index is 0.0355. The van der Waals surface area contributed by atoms with Crippen LogP contribution in [-0.4, -0.2) is 29.4 Å². The molecular formula is C22H29F9. The third-order valence-corrected chi connectivity index (χ3v) is 5.37. The lowest BCUT2D eigenvalue weighted by atomic mass is 9.71. The van der Waals surface area contributed by atoms with Gasteiger partial charge in [-0.05, 0) is 19.8 Å². The molecule has 0 aliphatic rings. The van der Waals surface area contributed by atoms with Gasteiger partial charge < -0.3 is 0 Å². The van der Waals surface area contributed by atoms with Gasteiger partial charge in [-0.2, -0.15) is 17.6 Å². The van der Waals surface area contributed by atoms with Crippen LogP contribution in [0.2, 0.25) is 0 Å². The molecule has 0 aliphatic heterocycles. The molecule has 0 N–H and O–H groups in total. The highest BCUT2D eigenvalue weighted by Crippen LogP contribution is 2.60. The summed E-state index contributed by atoms with van der Waals surface area (Å²) in [4.78, 5) is 0. The summed E-state index contributed by atoms with van der Waals surface area (Å²) in [5.41, 5.74) is -8.13. The summed E-state index contributed by atoms with van der Waals surface area (Å²) in [7, 11) is 0. The van der Waals surface area contributed by atoms with Gasteiger partial charge in [0.15, 0.2) is 0 Å². The van der Waals surface area contributed by atoms with Gasteiger partial charge in [-0.15, -0.1) is 0 Å². The van der Waals surface area contributed by atoms with Crippen molar-refractivity contribution in [2.24, 2.45) is 5.41 Å². The maximum absolute atomic E-state index is 14.7. The van der Waals surface area contributed by atoms with Gasteiger partial charge in [0.05, 0.1) is 0 Å². The molecule has 0 nitrogen and oxygen atoms in total. The van der Waals surface area contributed by atoms with Crippen LogP contribution < -0.4 is 0 Å². The SMILES string of the molecule is C=CC(=C)CCC(F)(F)CC(C)(C)C(F)(F)C(F)(F)C(C)(F)C(F)(F)CCC(=C)C=C. The molecule has 0 bridgehead atoms. The fourth-order valence-electron chi connectivity index (χ4n) is 2.90. The first-order valence-electron chi connectivity index (χ1n) is 9.42. The molecule has 0 amide bonds. The molecule has 0 radical (unpaired) electrons. The van der Waals surface area contributed by atoms with Gasteiger partial charge in [-0.3, -0.25) is 0 Å². The third kappa shape index (κ3) is 6.19. The van der Waals surface area contributed by atoms with Gasteiger partial charge in [0.2, 0.25) is 11.6 Å². The van der Waals surface area contributed by atoms with Crippen molar-refractivity contribution >= 4 is 0 Å². The summed E-state index contributed by atoms with van der Waals surface area (Å²) < 4.78 is 130. The molecule has 9 heteroatoms. The summed E-state index contributed by atoms with van der Waals surface area (Å²) >= 11 is 0. The lowest BCUT2D eigenvalue weighted by Crippen LogP contribution is -2.67. The Morgan fingerprint density at radius 3 is 1.45 bits per heavy atom. The van der Waals surface area contributed by atoms with Gasteiger partial charge >= 0.3 is 11.8 Å². The van der Waals surface area contributed by atoms with E-state index in [2.05, 4.69) is 26.3 Å². The lowest BCUT2D eigenvalue weighted by Gasteiger charge is -2.46. The fraction of sp³-hybridized carbons (Fsp3) is 0.636. The van der Waals surface area contributed by atoms with E-state index >= 15 is 0 Å². The highest BCUT2D eigenvalue weighted by molar-refractivity contribution is 5.15. The molecule has 0 aliphatic carbocycles. The Labute approximate surface area is 177 Å². The van der Waals surface area contributed by atoms with Crippen LogP contribution in [0.3, 0.4) is 0 Å². The molecule has 1 atom stereocenters. The summed E-state index contributed by atoms with van der Waals surface area (Å²) in [6.45, 7) is 13.6. The Morgan fingerprint density at radius 2 is 1.06 bits per heavy atom. The second-order valence-electron chi connectivity index (χ2n) is 8.50. The lowest BCUT2D eigenvalue weighted by molar-refractivity contribution is -0.348. The predicted octanol–water partition coefficient (Wildman–Crippen LogP) is 8.72. The van der Waals surface area contributed by atoms with Crippen molar-refractivity contribution in [2.75, 3.05) is 0 Å². The second kappa shape index (κ2) is 9.45. The summed E-state index contributed by atoms with van der Waals surface area (Å²) in [6.07, 6.45) is -3.16. The average molecular weight is 464 g/mol. The average Bonchev–Trinajstić information content (AvgIpc) is 2.62. The van der Waals surface area contributed by atoms with Crippen LogP contribution in [0.25, 0.3) is 0 Å². The van der Waals surface area contributed by atoms with Crippen LogP contribution in [0.1, 0.15) is 52.9 Å². The van der Waals surface area contributed by atoms with Crippen LogP contribution in [0.15, 0.2) is 49.6 Å². The normalized spacial score (nSPS) is 15.9. The molecule has 0 aromatic rings. The Balaban J connectivity index is 5.90. The van der Waals surface area contributed by atoms with E-state index in [0.717, 1.165) is 6.08 Å². The van der Waals surface area contributed by atoms with Crippen molar-refractivity contribution in [1.82, 2.24) is 0 Å². The molecule has 0 aromatic heterocycles. The van der Waals surface area contributed by atoms with Crippen LogP contribution in [0, 0.1) is 5.41 Å². The van der Waals surface area contributed by atoms with Crippen molar-refractivity contribution in [1.29, 1.82) is 0 Å². The van der Waals surface area contributed by atoms with Crippen molar-refractivity contribution in [2.45, 2.75) is 82.2 Å². The number of rotatable bonds is 14. The minimum Gasteiger partial charge on any atom is -0.231 e. The topological polar surface area (TPSA) is 0 Å². The molecular weight excluding hydrogens is 435 g/mol. The zero-order chi connectivity index (χ0) is 25.1. The molecule has 0 saturated heterocycles. The summed E-state index contributed by atoms with van der Waals surface area (Å²) in [6, 6.07) is 0. The Hall–Kier alpha value is -1.67. The van der Waals surface area contributed by atoms with Gasteiger partial charge in [-0.1, -0.05) is 63.5 Å². The Kier molecular flexibility index (Phi) is 8.94. The summed E-state index contributed by atoms with van der Waals surface area (Å²) in [5.74, 6) is -20.3. The summed E-state index contributed by atoms with van der Waals surface area (Å²) in [5, 5.41) is 0. The zero-order valence-electron chi connectivity index (χ0n) is 17.9. The van der Waals surface area contributed by atoms with Crippen molar-refractivity contribution < 1.29 is 39.5 Å². The monoisotopic (exact) mass is 464 g/mol. The van der Waals surface area contributed by atoms with Crippen LogP contribution >= 0.6 is 0 Å². The number of allylic oxidation sites excluding steroid dienone is 4. The molecule has 0 fully saturated rings. The number of hydrogen-bond donors (Lipinski definition) is 0. The quantitative estimate of drug-likeness (QED) is 0.178. The Morgan fingerprint density at radius 1 is 0.677 bits per heavy atom. The van der Waals surface area contributed by atoms with E-state index in [-0.39, 0.29) is 24.5 Å². The molecule has 0 saturated carbocycles. The zero-order valence-corrected chi connectivity index (χ0v) is 17.9. The largest absolute Gasteiger partial charge is 0.349 e. The molecule has 0 spiro atoms. The molecule has 31 heavy (non-hydrogen) atoms. The van der Waals surface area contributed by atoms with E-state index in [9.17, 15) is 39.5 Å². The van der Waals surface area contributed by atoms with Crippen LogP contribution in [0.4, 0.5) is 39.5 Å². The third-order valence-electron chi connectivity index (χ3n) is 5.37. The maximum Gasteiger partial charge on any atom is 0.349 e. The van der Waals surface area contributed by atoms with Crippen molar-refractivity contribution in [3.63, 3.8) is 0 Å². The molecule has 0 aromatic carbocycles. The molecule has 180 valence electrons. The standard InChI is InChI=1S/C22H29F9/c1-8-15(3)10-12-19(24,25)14-17(5,6)21(28,29)22(30,31)18(7,23)20(26,27)13-11-16(4)9-2/h8-9H,1-4,10-14H2,5-7H3. The highest BCUT2D eigenvalue weighted by Gasteiger charge is 2.79. The molecule has 1 unspecified atom stereocenters. The van der Waals surface area contributed by atoms with Gasteiger partial charge in [0.1, 0.15) is 0 Å². The first kappa shape index (κ1) is 29.3. The fourth-order valence-corrected chi connectivity index (χ4v) is 2.90. The van der Waals surface area contributed by atoms with E-state index in [1.165, 1.54) is 6.08 Å². The Bertz CT molecular complexity index is 685. The van der Waals surface area contributed by atoms with Crippen LogP contribution in [-0.2, 0) is 0 Å². The maximum atomic E-state index is 14.7. The van der Waals surface area contributed by atoms with Gasteiger partial charge in [0.25, 0.3) is 5.92 Å². The predicted molar refractivity (Wildman–Crippen MR) is 105 cm³/mol. The van der Waals surface area contributed by atoms with Crippen molar-refractivity contribution in [3.05, 3.63) is 49.6 Å². The number of alkyl halides is 9. The minimum atomic E-state index is -5.97.